The maximum absolute atomic E-state index is 13.2. The fraction of sp³-hybridized carbons (Fsp3) is 0.318. The molecular formula is C22H23ClN6O2S2. The van der Waals surface area contributed by atoms with Gasteiger partial charge in [0.25, 0.3) is 5.91 Å². The fourth-order valence-corrected chi connectivity index (χ4v) is 5.27. The third kappa shape index (κ3) is 5.45. The number of aryl methyl sites for hydroxylation is 1. The average molecular weight is 503 g/mol. The topological polar surface area (TPSA) is 93.0 Å². The van der Waals surface area contributed by atoms with Crippen molar-refractivity contribution in [1.29, 1.82) is 0 Å². The SMILES string of the molecule is C=CCn1c(SCC(=O)Nc2nc(C)cs2)nnc1C1CCCN1C(=O)c1ccc(Cl)cc1. The Morgan fingerprint density at radius 3 is 2.82 bits per heavy atom. The summed E-state index contributed by atoms with van der Waals surface area (Å²) in [6.45, 7) is 6.85. The van der Waals surface area contributed by atoms with Crippen LogP contribution in [0.25, 0.3) is 0 Å². The molecule has 0 saturated carbocycles. The number of likely N-dealkylation sites (tertiary alicyclic amines) is 1. The van der Waals surface area contributed by atoms with E-state index in [1.807, 2.05) is 21.8 Å². The number of anilines is 1. The molecule has 0 spiro atoms. The number of aromatic nitrogens is 4. The largest absolute Gasteiger partial charge is 0.328 e. The lowest BCUT2D eigenvalue weighted by atomic mass is 10.1. The van der Waals surface area contributed by atoms with Gasteiger partial charge in [0.05, 0.1) is 17.5 Å². The van der Waals surface area contributed by atoms with E-state index in [-0.39, 0.29) is 23.6 Å². The smallest absolute Gasteiger partial charge is 0.254 e. The number of allylic oxidation sites excluding steroid dienone is 1. The summed E-state index contributed by atoms with van der Waals surface area (Å²) in [5.74, 6) is 0.652. The van der Waals surface area contributed by atoms with Crippen molar-refractivity contribution in [2.75, 3.05) is 17.6 Å². The number of carbonyl (C=O) groups excluding carboxylic acids is 2. The van der Waals surface area contributed by atoms with Crippen LogP contribution in [0.4, 0.5) is 5.13 Å². The minimum absolute atomic E-state index is 0.0605. The van der Waals surface area contributed by atoms with E-state index in [4.69, 9.17) is 11.6 Å². The third-order valence-corrected chi connectivity index (χ3v) is 7.25. The fourth-order valence-electron chi connectivity index (χ4n) is 3.69. The van der Waals surface area contributed by atoms with Crippen LogP contribution >= 0.6 is 34.7 Å². The summed E-state index contributed by atoms with van der Waals surface area (Å²) in [7, 11) is 0. The Morgan fingerprint density at radius 1 is 1.33 bits per heavy atom. The number of benzene rings is 1. The van der Waals surface area contributed by atoms with Gasteiger partial charge >= 0.3 is 0 Å². The highest BCUT2D eigenvalue weighted by Gasteiger charge is 2.34. The van der Waals surface area contributed by atoms with Crippen molar-refractivity contribution in [3.05, 3.63) is 64.4 Å². The van der Waals surface area contributed by atoms with Crippen LogP contribution in [0.5, 0.6) is 0 Å². The maximum Gasteiger partial charge on any atom is 0.254 e. The van der Waals surface area contributed by atoms with Crippen molar-refractivity contribution in [1.82, 2.24) is 24.6 Å². The first kappa shape index (κ1) is 23.5. The van der Waals surface area contributed by atoms with Crippen molar-refractivity contribution in [3.63, 3.8) is 0 Å². The van der Waals surface area contributed by atoms with Crippen molar-refractivity contribution in [2.45, 2.75) is 37.5 Å². The lowest BCUT2D eigenvalue weighted by Gasteiger charge is -2.24. The minimum Gasteiger partial charge on any atom is -0.328 e. The second-order valence-electron chi connectivity index (χ2n) is 7.53. The van der Waals surface area contributed by atoms with Gasteiger partial charge in [-0.3, -0.25) is 9.59 Å². The van der Waals surface area contributed by atoms with Gasteiger partial charge in [-0.05, 0) is 44.0 Å². The molecule has 1 fully saturated rings. The zero-order chi connectivity index (χ0) is 23.4. The first-order valence-electron chi connectivity index (χ1n) is 10.4. The molecular weight excluding hydrogens is 480 g/mol. The van der Waals surface area contributed by atoms with E-state index in [0.29, 0.717) is 39.8 Å². The number of thioether (sulfide) groups is 1. The number of nitrogens with one attached hydrogen (secondary N) is 1. The Morgan fingerprint density at radius 2 is 2.12 bits per heavy atom. The van der Waals surface area contributed by atoms with Gasteiger partial charge in [0.1, 0.15) is 0 Å². The third-order valence-electron chi connectivity index (χ3n) is 5.16. The van der Waals surface area contributed by atoms with Gasteiger partial charge in [0, 0.05) is 29.1 Å². The van der Waals surface area contributed by atoms with E-state index in [1.54, 1.807) is 30.3 Å². The summed E-state index contributed by atoms with van der Waals surface area (Å²) in [5, 5.41) is 15.2. The van der Waals surface area contributed by atoms with E-state index in [1.165, 1.54) is 23.1 Å². The monoisotopic (exact) mass is 502 g/mol. The number of carbonyl (C=O) groups is 2. The van der Waals surface area contributed by atoms with Gasteiger partial charge in [0.2, 0.25) is 5.91 Å². The molecule has 8 nitrogen and oxygen atoms in total. The van der Waals surface area contributed by atoms with E-state index >= 15 is 0 Å². The zero-order valence-electron chi connectivity index (χ0n) is 18.0. The van der Waals surface area contributed by atoms with Crippen LogP contribution in [-0.2, 0) is 11.3 Å². The Hall–Kier alpha value is -2.69. The molecule has 3 aromatic rings. The number of thiazole rings is 1. The molecule has 1 unspecified atom stereocenters. The Labute approximate surface area is 205 Å². The number of hydrogen-bond donors (Lipinski definition) is 1. The molecule has 4 rings (SSSR count). The number of nitrogens with zero attached hydrogens (tertiary/aromatic N) is 5. The predicted molar refractivity (Wildman–Crippen MR) is 131 cm³/mol. The molecule has 1 aliphatic heterocycles. The molecule has 0 bridgehead atoms. The molecule has 2 amide bonds. The van der Waals surface area contributed by atoms with Gasteiger partial charge in [-0.15, -0.1) is 28.1 Å². The number of amides is 2. The maximum atomic E-state index is 13.2. The Balaban J connectivity index is 1.49. The quantitative estimate of drug-likeness (QED) is 0.357. The molecule has 1 atom stereocenters. The summed E-state index contributed by atoms with van der Waals surface area (Å²) < 4.78 is 1.93. The molecule has 3 heterocycles. The summed E-state index contributed by atoms with van der Waals surface area (Å²) in [6, 6.07) is 6.71. The highest BCUT2D eigenvalue weighted by Crippen LogP contribution is 2.34. The number of hydrogen-bond acceptors (Lipinski definition) is 7. The summed E-state index contributed by atoms with van der Waals surface area (Å²) >= 11 is 8.65. The lowest BCUT2D eigenvalue weighted by molar-refractivity contribution is -0.113. The molecule has 1 aliphatic rings. The molecule has 172 valence electrons. The Bertz CT molecular complexity index is 1160. The van der Waals surface area contributed by atoms with Gasteiger partial charge in [-0.25, -0.2) is 4.98 Å². The van der Waals surface area contributed by atoms with E-state index in [9.17, 15) is 9.59 Å². The average Bonchev–Trinajstić information content (AvgIpc) is 3.53. The van der Waals surface area contributed by atoms with Crippen LogP contribution in [0.3, 0.4) is 0 Å². The van der Waals surface area contributed by atoms with Crippen molar-refractivity contribution >= 4 is 51.6 Å². The second-order valence-corrected chi connectivity index (χ2v) is 9.77. The van der Waals surface area contributed by atoms with Crippen LogP contribution in [0, 0.1) is 6.92 Å². The molecule has 2 aromatic heterocycles. The highest BCUT2D eigenvalue weighted by molar-refractivity contribution is 7.99. The van der Waals surface area contributed by atoms with Crippen LogP contribution < -0.4 is 5.32 Å². The standard InChI is InChI=1S/C22H23ClN6O2S2/c1-3-10-29-19(17-5-4-11-28(17)20(31)15-6-8-16(23)9-7-15)26-27-22(29)33-13-18(30)25-21-24-14(2)12-32-21/h3,6-9,12,17H,1,4-5,10-11,13H2,2H3,(H,24,25,30). The van der Waals surface area contributed by atoms with E-state index in [0.717, 1.165) is 18.5 Å². The van der Waals surface area contributed by atoms with Gasteiger partial charge in [-0.1, -0.05) is 29.4 Å². The second kappa shape index (κ2) is 10.5. The summed E-state index contributed by atoms with van der Waals surface area (Å²) in [6.07, 6.45) is 3.43. The summed E-state index contributed by atoms with van der Waals surface area (Å²) in [5.41, 5.74) is 1.46. The number of rotatable bonds is 8. The highest BCUT2D eigenvalue weighted by atomic mass is 35.5. The molecule has 33 heavy (non-hydrogen) atoms. The zero-order valence-corrected chi connectivity index (χ0v) is 20.4. The van der Waals surface area contributed by atoms with Gasteiger partial charge in [0.15, 0.2) is 16.1 Å². The van der Waals surface area contributed by atoms with Crippen molar-refractivity contribution in [2.24, 2.45) is 0 Å². The first-order chi connectivity index (χ1) is 16.0. The molecule has 1 saturated heterocycles. The Kier molecular flexibility index (Phi) is 7.46. The van der Waals surface area contributed by atoms with Gasteiger partial charge < -0.3 is 14.8 Å². The molecule has 1 N–H and O–H groups in total. The van der Waals surface area contributed by atoms with Crippen LogP contribution in [0.1, 0.15) is 40.8 Å². The van der Waals surface area contributed by atoms with Crippen LogP contribution in [0.2, 0.25) is 5.02 Å². The van der Waals surface area contributed by atoms with Crippen LogP contribution in [0.15, 0.2) is 47.5 Å². The predicted octanol–water partition coefficient (Wildman–Crippen LogP) is 4.59. The lowest BCUT2D eigenvalue weighted by Crippen LogP contribution is -2.32. The normalized spacial score (nSPS) is 15.6. The first-order valence-corrected chi connectivity index (χ1v) is 12.7. The molecule has 0 aliphatic carbocycles. The minimum atomic E-state index is -0.193. The van der Waals surface area contributed by atoms with Gasteiger partial charge in [-0.2, -0.15) is 0 Å². The molecule has 0 radical (unpaired) electrons. The van der Waals surface area contributed by atoms with Crippen molar-refractivity contribution in [3.8, 4) is 0 Å². The molecule has 11 heteroatoms. The van der Waals surface area contributed by atoms with Crippen LogP contribution in [-0.4, -0.2) is 48.8 Å². The van der Waals surface area contributed by atoms with E-state index < -0.39 is 0 Å². The summed E-state index contributed by atoms with van der Waals surface area (Å²) in [4.78, 5) is 31.6. The number of halogens is 1. The van der Waals surface area contributed by atoms with E-state index in [2.05, 4.69) is 27.1 Å². The van der Waals surface area contributed by atoms with Crippen molar-refractivity contribution < 1.29 is 9.59 Å². The molecule has 1 aromatic carbocycles.